The van der Waals surface area contributed by atoms with Crippen LogP contribution in [0.15, 0.2) is 23.3 Å². The van der Waals surface area contributed by atoms with Gasteiger partial charge in [-0.05, 0) is 19.1 Å². The largest absolute Gasteiger partial charge is 0.418 e. The van der Waals surface area contributed by atoms with E-state index in [1.807, 2.05) is 5.32 Å². The van der Waals surface area contributed by atoms with Crippen molar-refractivity contribution in [3.63, 3.8) is 0 Å². The number of anilines is 1. The predicted octanol–water partition coefficient (Wildman–Crippen LogP) is 2.45. The van der Waals surface area contributed by atoms with Crippen LogP contribution in [0.3, 0.4) is 0 Å². The van der Waals surface area contributed by atoms with Crippen molar-refractivity contribution in [2.75, 3.05) is 11.9 Å². The van der Waals surface area contributed by atoms with Gasteiger partial charge in [0.2, 0.25) is 0 Å². The number of carbonyl (C=O) groups excluding carboxylic acids is 1. The van der Waals surface area contributed by atoms with Gasteiger partial charge in [-0.15, -0.1) is 0 Å². The minimum atomic E-state index is -4.96. The molecule has 0 spiro atoms. The number of hydrogen-bond donors (Lipinski definition) is 4. The molecule has 6 nitrogen and oxygen atoms in total. The fourth-order valence-electron chi connectivity index (χ4n) is 2.23. The smallest absolute Gasteiger partial charge is 0.382 e. The first-order valence-corrected chi connectivity index (χ1v) is 7.24. The Labute approximate surface area is 143 Å². The van der Waals surface area contributed by atoms with Crippen LogP contribution in [0.4, 0.5) is 36.8 Å². The molecule has 1 aliphatic heterocycles. The van der Waals surface area contributed by atoms with E-state index in [4.69, 9.17) is 5.11 Å². The second-order valence-electron chi connectivity index (χ2n) is 5.50. The number of carbonyl (C=O) groups is 1. The molecule has 0 aliphatic carbocycles. The molecule has 1 aliphatic rings. The van der Waals surface area contributed by atoms with Gasteiger partial charge in [0.25, 0.3) is 0 Å². The van der Waals surface area contributed by atoms with Crippen LogP contribution in [0.1, 0.15) is 18.1 Å². The second-order valence-corrected chi connectivity index (χ2v) is 5.50. The summed E-state index contributed by atoms with van der Waals surface area (Å²) in [4.78, 5) is 11.1. The normalized spacial score (nSPS) is 19.3. The number of amides is 2. The van der Waals surface area contributed by atoms with E-state index in [2.05, 4.69) is 15.8 Å². The van der Waals surface area contributed by atoms with Crippen LogP contribution >= 0.6 is 0 Å². The molecule has 0 radical (unpaired) electrons. The summed E-state index contributed by atoms with van der Waals surface area (Å²) in [5, 5.41) is 17.0. The van der Waals surface area contributed by atoms with Gasteiger partial charge in [-0.2, -0.15) is 31.4 Å². The maximum atomic E-state index is 13.3. The molecular formula is C14H14F6N4O2. The molecule has 0 bridgehead atoms. The van der Waals surface area contributed by atoms with Crippen LogP contribution in [0.5, 0.6) is 0 Å². The van der Waals surface area contributed by atoms with E-state index in [1.54, 1.807) is 0 Å². The highest BCUT2D eigenvalue weighted by molar-refractivity contribution is 6.07. The highest BCUT2D eigenvalue weighted by Crippen LogP contribution is 2.36. The summed E-state index contributed by atoms with van der Waals surface area (Å²) in [5.41, 5.74) is 0.377. The lowest BCUT2D eigenvalue weighted by atomic mass is 10.00. The lowest BCUT2D eigenvalue weighted by molar-refractivity contribution is -0.198. The van der Waals surface area contributed by atoms with Gasteiger partial charge in [-0.3, -0.25) is 0 Å². The van der Waals surface area contributed by atoms with Gasteiger partial charge in [-0.25, -0.2) is 10.2 Å². The number of urea groups is 1. The molecular weight excluding hydrogens is 370 g/mol. The van der Waals surface area contributed by atoms with E-state index >= 15 is 0 Å². The zero-order valence-corrected chi connectivity index (χ0v) is 13.2. The molecule has 26 heavy (non-hydrogen) atoms. The Morgan fingerprint density at radius 3 is 2.46 bits per heavy atom. The van der Waals surface area contributed by atoms with Crippen LogP contribution in [0.25, 0.3) is 0 Å². The van der Waals surface area contributed by atoms with Crippen LogP contribution in [0, 0.1) is 0 Å². The zero-order chi connectivity index (χ0) is 19.7. The maximum absolute atomic E-state index is 13.3. The van der Waals surface area contributed by atoms with Crippen molar-refractivity contribution in [2.45, 2.75) is 31.4 Å². The summed E-state index contributed by atoms with van der Waals surface area (Å²) in [6, 6.07) is 1.57. The third kappa shape index (κ3) is 4.56. The molecule has 12 heteroatoms. The molecule has 2 rings (SSSR count). The van der Waals surface area contributed by atoms with Crippen molar-refractivity contribution >= 4 is 17.4 Å². The molecule has 0 aromatic heterocycles. The van der Waals surface area contributed by atoms with Crippen LogP contribution in [-0.2, 0) is 6.18 Å². The molecule has 1 unspecified atom stereocenters. The van der Waals surface area contributed by atoms with E-state index in [1.165, 1.54) is 13.0 Å². The first-order valence-electron chi connectivity index (χ1n) is 7.24. The maximum Gasteiger partial charge on any atom is 0.418 e. The van der Waals surface area contributed by atoms with Gasteiger partial charge in [0.05, 0.1) is 17.3 Å². The van der Waals surface area contributed by atoms with Crippen molar-refractivity contribution in [3.8, 4) is 0 Å². The zero-order valence-electron chi connectivity index (χ0n) is 13.2. The van der Waals surface area contributed by atoms with Crippen LogP contribution < -0.4 is 16.1 Å². The highest BCUT2D eigenvalue weighted by atomic mass is 19.4. The average molecular weight is 384 g/mol. The van der Waals surface area contributed by atoms with E-state index in [0.29, 0.717) is 6.07 Å². The summed E-state index contributed by atoms with van der Waals surface area (Å²) in [6.45, 7) is 0.373. The number of aliphatic hydroxyl groups is 1. The topological polar surface area (TPSA) is 85.8 Å². The molecule has 1 aromatic carbocycles. The van der Waals surface area contributed by atoms with Crippen LogP contribution in [-0.4, -0.2) is 41.7 Å². The molecule has 1 aromatic rings. The Kier molecular flexibility index (Phi) is 5.35. The molecule has 1 heterocycles. The second kappa shape index (κ2) is 7.02. The first kappa shape index (κ1) is 19.8. The number of hydrazone groups is 1. The van der Waals surface area contributed by atoms with Crippen LogP contribution in [0.2, 0.25) is 0 Å². The molecule has 0 fully saturated rings. The van der Waals surface area contributed by atoms with Gasteiger partial charge in [0, 0.05) is 17.8 Å². The number of nitrogens with one attached hydrogen (secondary N) is 3. The number of hydrogen-bond acceptors (Lipinski definition) is 4. The molecule has 144 valence electrons. The van der Waals surface area contributed by atoms with Crippen molar-refractivity contribution < 1.29 is 36.2 Å². The summed E-state index contributed by atoms with van der Waals surface area (Å²) < 4.78 is 76.7. The minimum absolute atomic E-state index is 0.0271. The van der Waals surface area contributed by atoms with Gasteiger partial charge in [0.1, 0.15) is 0 Å². The Bertz CT molecular complexity index is 716. The fourth-order valence-corrected chi connectivity index (χ4v) is 2.23. The lowest BCUT2D eigenvalue weighted by Gasteiger charge is -2.23. The van der Waals surface area contributed by atoms with Gasteiger partial charge in [0.15, 0.2) is 6.10 Å². The quantitative estimate of drug-likeness (QED) is 0.602. The Morgan fingerprint density at radius 1 is 1.27 bits per heavy atom. The third-order valence-electron chi connectivity index (χ3n) is 3.52. The van der Waals surface area contributed by atoms with E-state index < -0.39 is 48.3 Å². The Balaban J connectivity index is 2.32. The first-order chi connectivity index (χ1) is 11.9. The molecule has 0 saturated carbocycles. The number of benzene rings is 1. The van der Waals surface area contributed by atoms with Crippen molar-refractivity contribution in [3.05, 3.63) is 29.3 Å². The molecule has 2 atom stereocenters. The predicted molar refractivity (Wildman–Crippen MR) is 79.7 cm³/mol. The van der Waals surface area contributed by atoms with Crippen molar-refractivity contribution in [1.82, 2.24) is 10.7 Å². The molecule has 0 saturated heterocycles. The summed E-state index contributed by atoms with van der Waals surface area (Å²) in [7, 11) is 0. The lowest BCUT2D eigenvalue weighted by Crippen LogP contribution is -2.48. The van der Waals surface area contributed by atoms with Gasteiger partial charge in [-0.1, -0.05) is 6.07 Å². The monoisotopic (exact) mass is 384 g/mol. The highest BCUT2D eigenvalue weighted by Gasteiger charge is 2.39. The van der Waals surface area contributed by atoms with E-state index in [9.17, 15) is 31.1 Å². The third-order valence-corrected chi connectivity index (χ3v) is 3.52. The minimum Gasteiger partial charge on any atom is -0.382 e. The van der Waals surface area contributed by atoms with E-state index in [0.717, 1.165) is 6.07 Å². The number of nitrogens with zero attached hydrogens (tertiary/aromatic N) is 1. The standard InChI is InChI=1S/C14H14F6N4O2/c1-6-11(23-24-12(26)22-6)7-2-3-9(8(4-7)13(15,16)17)21-5-10(25)14(18,19)20/h2-4,6,10,21,25H,5H2,1H3,(H2,22,24,26)/t6-,10?/m0/s1. The SMILES string of the molecule is C[C@@H]1NC(=O)NN=C1c1ccc(NCC(O)C(F)(F)F)c(C(F)(F)F)c1. The van der Waals surface area contributed by atoms with Gasteiger partial charge < -0.3 is 15.7 Å². The van der Waals surface area contributed by atoms with E-state index in [-0.39, 0.29) is 11.3 Å². The Morgan fingerprint density at radius 2 is 1.92 bits per heavy atom. The molecule has 2 amide bonds. The molecule has 4 N–H and O–H groups in total. The Hall–Kier alpha value is -2.50. The number of rotatable bonds is 4. The summed E-state index contributed by atoms with van der Waals surface area (Å²) >= 11 is 0. The van der Waals surface area contributed by atoms with Gasteiger partial charge >= 0.3 is 18.4 Å². The average Bonchev–Trinajstić information content (AvgIpc) is 2.50. The number of halogens is 6. The summed E-state index contributed by atoms with van der Waals surface area (Å²) in [6.07, 6.45) is -12.6. The fraction of sp³-hybridized carbons (Fsp3) is 0.429. The van der Waals surface area contributed by atoms with Crippen molar-refractivity contribution in [2.24, 2.45) is 5.10 Å². The number of alkyl halides is 6. The number of aliphatic hydroxyl groups excluding tert-OH is 1. The van der Waals surface area contributed by atoms with Crippen molar-refractivity contribution in [1.29, 1.82) is 0 Å². The summed E-state index contributed by atoms with van der Waals surface area (Å²) in [5.74, 6) is 0.